The third kappa shape index (κ3) is 0.724. The number of carbonyl (C=O) groups is 1. The largest absolute Gasteiger partial charge is 0.481 e. The minimum absolute atomic E-state index is 0.104. The minimum Gasteiger partial charge on any atom is -0.481 e. The fourth-order valence-electron chi connectivity index (χ4n) is 3.06. The van der Waals surface area contributed by atoms with Crippen molar-refractivity contribution in [3.8, 4) is 0 Å². The van der Waals surface area contributed by atoms with E-state index in [0.717, 1.165) is 12.8 Å². The molecule has 4 aliphatic rings. The number of carboxylic acids is 1. The molecule has 0 unspecified atom stereocenters. The van der Waals surface area contributed by atoms with Crippen LogP contribution in [-0.4, -0.2) is 23.3 Å². The maximum atomic E-state index is 10.9. The first-order valence-electron chi connectivity index (χ1n) is 4.65. The van der Waals surface area contributed by atoms with E-state index in [0.29, 0.717) is 24.0 Å². The zero-order valence-electron chi connectivity index (χ0n) is 6.77. The predicted molar refractivity (Wildman–Crippen MR) is 40.6 cm³/mol. The standard InChI is InChI=1S/C9H12O3/c10-9(11)6-3-4-1-2-5(6)8-7(4)12-8/h4-8H,1-3H2,(H,10,11)/t4-,5+,6+,7+,8-/m1/s1. The predicted octanol–water partition coefficient (Wildman–Crippen LogP) is 0.885. The zero-order valence-corrected chi connectivity index (χ0v) is 6.77. The van der Waals surface area contributed by atoms with Gasteiger partial charge < -0.3 is 9.84 Å². The third-order valence-corrected chi connectivity index (χ3v) is 3.71. The highest BCUT2D eigenvalue weighted by atomic mass is 16.6. The van der Waals surface area contributed by atoms with Crippen LogP contribution < -0.4 is 0 Å². The SMILES string of the molecule is O=C(O)[C@H]1C[C@H]2CC[C@@H]1[C@H]1O[C@@H]21. The summed E-state index contributed by atoms with van der Waals surface area (Å²) >= 11 is 0. The topological polar surface area (TPSA) is 49.8 Å². The maximum absolute atomic E-state index is 10.9. The van der Waals surface area contributed by atoms with Crippen molar-refractivity contribution in [2.45, 2.75) is 31.5 Å². The summed E-state index contributed by atoms with van der Waals surface area (Å²) in [5.41, 5.74) is 0. The van der Waals surface area contributed by atoms with Gasteiger partial charge in [-0.05, 0) is 25.2 Å². The van der Waals surface area contributed by atoms with Gasteiger partial charge in [-0.1, -0.05) is 0 Å². The average Bonchev–Trinajstić information content (AvgIpc) is 2.84. The molecule has 0 amide bonds. The molecule has 1 heterocycles. The molecule has 5 atom stereocenters. The fraction of sp³-hybridized carbons (Fsp3) is 0.889. The van der Waals surface area contributed by atoms with Gasteiger partial charge in [-0.2, -0.15) is 0 Å². The lowest BCUT2D eigenvalue weighted by Crippen LogP contribution is -2.41. The fourth-order valence-corrected chi connectivity index (χ4v) is 3.06. The first-order valence-corrected chi connectivity index (χ1v) is 4.65. The number of fused-ring (bicyclic) bond motifs is 2. The molecule has 0 aromatic carbocycles. The zero-order chi connectivity index (χ0) is 8.29. The Morgan fingerprint density at radius 2 is 2.17 bits per heavy atom. The highest BCUT2D eigenvalue weighted by Gasteiger charge is 2.60. The van der Waals surface area contributed by atoms with E-state index in [2.05, 4.69) is 0 Å². The van der Waals surface area contributed by atoms with E-state index in [1.54, 1.807) is 0 Å². The summed E-state index contributed by atoms with van der Waals surface area (Å²) < 4.78 is 5.48. The maximum Gasteiger partial charge on any atom is 0.306 e. The summed E-state index contributed by atoms with van der Waals surface area (Å²) in [6, 6.07) is 0. The molecule has 12 heavy (non-hydrogen) atoms. The van der Waals surface area contributed by atoms with E-state index in [9.17, 15) is 4.79 Å². The van der Waals surface area contributed by atoms with E-state index in [4.69, 9.17) is 9.84 Å². The van der Waals surface area contributed by atoms with Crippen molar-refractivity contribution in [2.75, 3.05) is 0 Å². The van der Waals surface area contributed by atoms with Crippen molar-refractivity contribution < 1.29 is 14.6 Å². The number of epoxide rings is 1. The van der Waals surface area contributed by atoms with Crippen LogP contribution in [0.4, 0.5) is 0 Å². The lowest BCUT2D eigenvalue weighted by molar-refractivity contribution is -0.146. The smallest absolute Gasteiger partial charge is 0.306 e. The lowest BCUT2D eigenvalue weighted by atomic mass is 9.65. The van der Waals surface area contributed by atoms with Crippen LogP contribution >= 0.6 is 0 Å². The van der Waals surface area contributed by atoms with Gasteiger partial charge >= 0.3 is 5.97 Å². The molecule has 2 bridgehead atoms. The monoisotopic (exact) mass is 168 g/mol. The van der Waals surface area contributed by atoms with Crippen molar-refractivity contribution >= 4 is 5.97 Å². The molecule has 0 radical (unpaired) electrons. The Balaban J connectivity index is 1.87. The molecule has 1 N–H and O–H groups in total. The highest BCUT2D eigenvalue weighted by Crippen LogP contribution is 2.55. The number of rotatable bonds is 1. The summed E-state index contributed by atoms with van der Waals surface area (Å²) in [4.78, 5) is 10.9. The van der Waals surface area contributed by atoms with Crippen LogP contribution in [0.5, 0.6) is 0 Å². The molecule has 1 aliphatic heterocycles. The summed E-state index contributed by atoms with van der Waals surface area (Å²) in [6.45, 7) is 0. The van der Waals surface area contributed by atoms with Gasteiger partial charge in [0.2, 0.25) is 0 Å². The molecular formula is C9H12O3. The van der Waals surface area contributed by atoms with Crippen LogP contribution in [-0.2, 0) is 9.53 Å². The normalized spacial score (nSPS) is 54.8. The Morgan fingerprint density at radius 1 is 1.33 bits per heavy atom. The quantitative estimate of drug-likeness (QED) is 0.591. The van der Waals surface area contributed by atoms with Gasteiger partial charge in [0.1, 0.15) is 0 Å². The second kappa shape index (κ2) is 2.02. The molecule has 3 saturated carbocycles. The molecule has 4 fully saturated rings. The van der Waals surface area contributed by atoms with Crippen LogP contribution in [0, 0.1) is 17.8 Å². The van der Waals surface area contributed by atoms with Crippen molar-refractivity contribution in [2.24, 2.45) is 17.8 Å². The number of hydrogen-bond donors (Lipinski definition) is 1. The van der Waals surface area contributed by atoms with Crippen molar-refractivity contribution in [1.29, 1.82) is 0 Å². The molecule has 3 nitrogen and oxygen atoms in total. The molecular weight excluding hydrogens is 156 g/mol. The Kier molecular flexibility index (Phi) is 1.16. The van der Waals surface area contributed by atoms with Gasteiger partial charge in [0, 0.05) is 5.92 Å². The van der Waals surface area contributed by atoms with Gasteiger partial charge in [0.05, 0.1) is 18.1 Å². The van der Waals surface area contributed by atoms with Crippen LogP contribution in [0.15, 0.2) is 0 Å². The molecule has 0 aromatic heterocycles. The average molecular weight is 168 g/mol. The number of hydrogen-bond acceptors (Lipinski definition) is 2. The molecule has 4 rings (SSSR count). The highest BCUT2D eigenvalue weighted by molar-refractivity contribution is 5.71. The summed E-state index contributed by atoms with van der Waals surface area (Å²) in [7, 11) is 0. The van der Waals surface area contributed by atoms with Gasteiger partial charge in [0.25, 0.3) is 0 Å². The number of carboxylic acid groups (broad SMARTS) is 1. The van der Waals surface area contributed by atoms with E-state index < -0.39 is 5.97 Å². The summed E-state index contributed by atoms with van der Waals surface area (Å²) in [5, 5.41) is 8.94. The first-order chi connectivity index (χ1) is 5.77. The minimum atomic E-state index is -0.612. The third-order valence-electron chi connectivity index (χ3n) is 3.71. The Bertz CT molecular complexity index is 238. The molecule has 0 aromatic rings. The van der Waals surface area contributed by atoms with Gasteiger partial charge in [0.15, 0.2) is 0 Å². The Labute approximate surface area is 70.7 Å². The van der Waals surface area contributed by atoms with E-state index in [1.807, 2.05) is 0 Å². The molecule has 3 aliphatic carbocycles. The molecule has 3 heteroatoms. The second-order valence-corrected chi connectivity index (χ2v) is 4.25. The van der Waals surface area contributed by atoms with Gasteiger partial charge in [-0.15, -0.1) is 0 Å². The van der Waals surface area contributed by atoms with Crippen molar-refractivity contribution in [1.82, 2.24) is 0 Å². The van der Waals surface area contributed by atoms with Crippen molar-refractivity contribution in [3.63, 3.8) is 0 Å². The Hall–Kier alpha value is -0.570. The first kappa shape index (κ1) is 6.89. The van der Waals surface area contributed by atoms with E-state index >= 15 is 0 Å². The van der Waals surface area contributed by atoms with E-state index in [1.165, 1.54) is 6.42 Å². The van der Waals surface area contributed by atoms with Crippen LogP contribution in [0.1, 0.15) is 19.3 Å². The lowest BCUT2D eigenvalue weighted by Gasteiger charge is -2.36. The van der Waals surface area contributed by atoms with Gasteiger partial charge in [-0.3, -0.25) is 4.79 Å². The van der Waals surface area contributed by atoms with Crippen LogP contribution in [0.3, 0.4) is 0 Å². The number of aliphatic carboxylic acids is 1. The molecule has 66 valence electrons. The van der Waals surface area contributed by atoms with Crippen LogP contribution in [0.25, 0.3) is 0 Å². The van der Waals surface area contributed by atoms with Crippen LogP contribution in [0.2, 0.25) is 0 Å². The second-order valence-electron chi connectivity index (χ2n) is 4.25. The Morgan fingerprint density at radius 3 is 2.83 bits per heavy atom. The molecule has 1 saturated heterocycles. The molecule has 0 spiro atoms. The van der Waals surface area contributed by atoms with Gasteiger partial charge in [-0.25, -0.2) is 0 Å². The number of ether oxygens (including phenoxy) is 1. The summed E-state index contributed by atoms with van der Waals surface area (Å²) in [6.07, 6.45) is 3.89. The van der Waals surface area contributed by atoms with E-state index in [-0.39, 0.29) is 5.92 Å². The summed E-state index contributed by atoms with van der Waals surface area (Å²) in [5.74, 6) is 0.171. The van der Waals surface area contributed by atoms with Crippen molar-refractivity contribution in [3.05, 3.63) is 0 Å².